The second-order valence-corrected chi connectivity index (χ2v) is 14.9. The Morgan fingerprint density at radius 3 is 2.18 bits per heavy atom. The number of aliphatic imine (C=N–C) groups is 1. The fourth-order valence-corrected chi connectivity index (χ4v) is 7.00. The van der Waals surface area contributed by atoms with Crippen molar-refractivity contribution in [3.63, 3.8) is 0 Å². The number of hydrogen-bond donors (Lipinski definition) is 0. The number of unbranched alkanes of at least 4 members (excludes halogenated alkanes) is 2. The van der Waals surface area contributed by atoms with Crippen LogP contribution in [0.4, 0.5) is 0 Å². The van der Waals surface area contributed by atoms with Gasteiger partial charge in [0, 0.05) is 36.7 Å². The third kappa shape index (κ3) is 8.64. The molecule has 3 nitrogen and oxygen atoms in total. The highest BCUT2D eigenvalue weighted by Crippen LogP contribution is 2.53. The van der Waals surface area contributed by atoms with Gasteiger partial charge in [-0.15, -0.1) is 0 Å². The molecular formula is C35H56NO2P. The lowest BCUT2D eigenvalue weighted by Crippen LogP contribution is -2.31. The average Bonchev–Trinajstić information content (AvgIpc) is 2.89. The number of nitrogens with zero attached hydrogens (tertiary/aromatic N) is 1. The van der Waals surface area contributed by atoms with Gasteiger partial charge in [-0.1, -0.05) is 133 Å². The van der Waals surface area contributed by atoms with Gasteiger partial charge < -0.3 is 9.47 Å². The van der Waals surface area contributed by atoms with Crippen LogP contribution in [-0.4, -0.2) is 27.2 Å². The Morgan fingerprint density at radius 2 is 1.59 bits per heavy atom. The van der Waals surface area contributed by atoms with E-state index in [-0.39, 0.29) is 22.8 Å². The van der Waals surface area contributed by atoms with Gasteiger partial charge in [-0.2, -0.15) is 0 Å². The van der Waals surface area contributed by atoms with E-state index in [1.807, 2.05) is 13.3 Å². The predicted molar refractivity (Wildman–Crippen MR) is 174 cm³/mol. The van der Waals surface area contributed by atoms with Gasteiger partial charge in [0.25, 0.3) is 0 Å². The molecule has 0 aromatic heterocycles. The molecule has 0 N–H and O–H groups in total. The van der Waals surface area contributed by atoms with E-state index in [4.69, 9.17) is 9.47 Å². The molecule has 0 radical (unpaired) electrons. The van der Waals surface area contributed by atoms with Crippen molar-refractivity contribution < 1.29 is 9.47 Å². The van der Waals surface area contributed by atoms with Crippen molar-refractivity contribution in [1.29, 1.82) is 0 Å². The van der Waals surface area contributed by atoms with Gasteiger partial charge in [-0.05, 0) is 46.0 Å². The fourth-order valence-electron chi connectivity index (χ4n) is 5.31. The van der Waals surface area contributed by atoms with Gasteiger partial charge >= 0.3 is 0 Å². The third-order valence-corrected chi connectivity index (χ3v) is 10.3. The molecule has 2 aromatic carbocycles. The van der Waals surface area contributed by atoms with Crippen LogP contribution in [0.25, 0.3) is 0 Å². The van der Waals surface area contributed by atoms with E-state index in [2.05, 4.69) is 104 Å². The summed E-state index contributed by atoms with van der Waals surface area (Å²) in [5, 5.41) is 1.27. The first-order valence-corrected chi connectivity index (χ1v) is 16.0. The van der Waals surface area contributed by atoms with Gasteiger partial charge in [0.1, 0.15) is 5.75 Å². The van der Waals surface area contributed by atoms with Crippen molar-refractivity contribution in [2.24, 2.45) is 10.9 Å². The van der Waals surface area contributed by atoms with Gasteiger partial charge in [0.15, 0.2) is 6.79 Å². The summed E-state index contributed by atoms with van der Waals surface area (Å²) >= 11 is 0. The molecule has 0 spiro atoms. The first-order chi connectivity index (χ1) is 18.4. The van der Waals surface area contributed by atoms with E-state index in [1.165, 1.54) is 53.2 Å². The summed E-state index contributed by atoms with van der Waals surface area (Å²) in [6.07, 6.45) is 9.11. The molecule has 0 bridgehead atoms. The van der Waals surface area contributed by atoms with Crippen LogP contribution in [0, 0.1) is 5.92 Å². The highest BCUT2D eigenvalue weighted by molar-refractivity contribution is 7.48. The topological polar surface area (TPSA) is 30.8 Å². The standard InChI is InChI=1S/C35H56NO2P/c1-12-14-18-26(3)34(7,8)29-22-28(33(4,5)6)23-30(32(29)38-25-37-11)35(9,21-15-13-2)39-31-20-17-16-19-27(31)24-36-10/h16-17,19-20,22-24,26,39H,12-15,18,21,25H2,1-11H3/b36-24+. The summed E-state index contributed by atoms with van der Waals surface area (Å²) in [7, 11) is 4.16. The minimum atomic E-state index is -0.0878. The molecule has 3 atom stereocenters. The lowest BCUT2D eigenvalue weighted by atomic mass is 9.69. The zero-order chi connectivity index (χ0) is 29.3. The summed E-state index contributed by atoms with van der Waals surface area (Å²) in [4.78, 5) is 4.36. The number of rotatable bonds is 15. The molecule has 0 saturated carbocycles. The largest absolute Gasteiger partial charge is 0.467 e. The minimum absolute atomic E-state index is 0.0214. The zero-order valence-electron chi connectivity index (χ0n) is 26.8. The lowest BCUT2D eigenvalue weighted by molar-refractivity contribution is 0.0480. The second kappa shape index (κ2) is 14.8. The summed E-state index contributed by atoms with van der Waals surface area (Å²) in [6.45, 7) is 21.5. The zero-order valence-corrected chi connectivity index (χ0v) is 27.8. The average molecular weight is 554 g/mol. The van der Waals surface area contributed by atoms with Crippen molar-refractivity contribution in [3.05, 3.63) is 58.7 Å². The molecule has 3 unspecified atom stereocenters. The molecule has 39 heavy (non-hydrogen) atoms. The number of benzene rings is 2. The monoisotopic (exact) mass is 553 g/mol. The summed E-state index contributed by atoms with van der Waals surface area (Å²) in [6, 6.07) is 13.6. The molecule has 0 aliphatic carbocycles. The number of hydrogen-bond acceptors (Lipinski definition) is 3. The highest BCUT2D eigenvalue weighted by atomic mass is 31.1. The Morgan fingerprint density at radius 1 is 0.949 bits per heavy atom. The second-order valence-electron chi connectivity index (χ2n) is 13.0. The van der Waals surface area contributed by atoms with Crippen molar-refractivity contribution in [3.8, 4) is 5.75 Å². The van der Waals surface area contributed by atoms with E-state index < -0.39 is 0 Å². The lowest BCUT2D eigenvalue weighted by Gasteiger charge is -2.40. The quantitative estimate of drug-likeness (QED) is 0.125. The Balaban J connectivity index is 2.91. The van der Waals surface area contributed by atoms with Crippen LogP contribution in [-0.2, 0) is 20.7 Å². The van der Waals surface area contributed by atoms with Crippen LogP contribution < -0.4 is 10.0 Å². The smallest absolute Gasteiger partial charge is 0.188 e. The van der Waals surface area contributed by atoms with Crippen LogP contribution in [0.3, 0.4) is 0 Å². The van der Waals surface area contributed by atoms with E-state index in [1.54, 1.807) is 7.11 Å². The molecule has 0 fully saturated rings. The predicted octanol–water partition coefficient (Wildman–Crippen LogP) is 9.53. The SMILES string of the molecule is CCCCC(C)C(C)(C)c1cc(C(C)(C)C)cc(C(C)(CCCC)Pc2ccccc2/C=N/C)c1OCOC. The van der Waals surface area contributed by atoms with Crippen LogP contribution in [0.2, 0.25) is 0 Å². The minimum Gasteiger partial charge on any atom is -0.467 e. The molecule has 0 aliphatic rings. The first kappa shape index (κ1) is 33.5. The van der Waals surface area contributed by atoms with Crippen molar-refractivity contribution in [1.82, 2.24) is 0 Å². The fraction of sp³-hybridized carbons (Fsp3) is 0.629. The van der Waals surface area contributed by atoms with Crippen LogP contribution >= 0.6 is 8.58 Å². The van der Waals surface area contributed by atoms with Gasteiger partial charge in [0.05, 0.1) is 0 Å². The molecule has 0 amide bonds. The Kier molecular flexibility index (Phi) is 12.7. The first-order valence-electron chi connectivity index (χ1n) is 15.0. The summed E-state index contributed by atoms with van der Waals surface area (Å²) in [5.41, 5.74) is 5.21. The van der Waals surface area contributed by atoms with E-state index in [0.717, 1.165) is 18.6 Å². The van der Waals surface area contributed by atoms with Crippen molar-refractivity contribution >= 4 is 20.1 Å². The Bertz CT molecular complexity index is 1070. The molecule has 2 aromatic rings. The highest BCUT2D eigenvalue weighted by Gasteiger charge is 2.38. The Hall–Kier alpha value is -1.70. The van der Waals surface area contributed by atoms with Crippen LogP contribution in [0.5, 0.6) is 5.75 Å². The van der Waals surface area contributed by atoms with Crippen LogP contribution in [0.15, 0.2) is 41.4 Å². The maximum Gasteiger partial charge on any atom is 0.188 e. The van der Waals surface area contributed by atoms with Gasteiger partial charge in [0.2, 0.25) is 0 Å². The van der Waals surface area contributed by atoms with Crippen molar-refractivity contribution in [2.45, 2.75) is 117 Å². The molecule has 0 aliphatic heterocycles. The summed E-state index contributed by atoms with van der Waals surface area (Å²) < 4.78 is 12.1. The third-order valence-electron chi connectivity index (χ3n) is 8.46. The van der Waals surface area contributed by atoms with Gasteiger partial charge in [-0.25, -0.2) is 0 Å². The van der Waals surface area contributed by atoms with E-state index in [0.29, 0.717) is 14.5 Å². The normalized spacial score (nSPS) is 15.3. The van der Waals surface area contributed by atoms with Crippen LogP contribution in [0.1, 0.15) is 123 Å². The number of methoxy groups -OCH3 is 1. The molecule has 0 heterocycles. The molecule has 2 rings (SSSR count). The van der Waals surface area contributed by atoms with Gasteiger partial charge in [-0.3, -0.25) is 4.99 Å². The molecule has 0 saturated heterocycles. The Labute approximate surface area is 242 Å². The summed E-state index contributed by atoms with van der Waals surface area (Å²) in [5.74, 6) is 1.56. The molecular weight excluding hydrogens is 497 g/mol. The molecule has 4 heteroatoms. The maximum atomic E-state index is 6.62. The van der Waals surface area contributed by atoms with E-state index >= 15 is 0 Å². The van der Waals surface area contributed by atoms with E-state index in [9.17, 15) is 0 Å². The number of ether oxygens (including phenoxy) is 2. The van der Waals surface area contributed by atoms with Crippen molar-refractivity contribution in [2.75, 3.05) is 21.0 Å². The molecule has 218 valence electrons. The maximum absolute atomic E-state index is 6.62.